The highest BCUT2D eigenvalue weighted by molar-refractivity contribution is 6.46. The summed E-state index contributed by atoms with van der Waals surface area (Å²) in [6.45, 7) is 3.69. The molecule has 8 heteroatoms. The Hall–Kier alpha value is -3.00. The van der Waals surface area contributed by atoms with Crippen LogP contribution in [0.5, 0.6) is 0 Å². The van der Waals surface area contributed by atoms with Crippen LogP contribution in [0.4, 0.5) is 4.39 Å². The number of ether oxygens (including phenoxy) is 1. The van der Waals surface area contributed by atoms with Crippen LogP contribution in [-0.2, 0) is 21.4 Å². The third-order valence-corrected chi connectivity index (χ3v) is 5.02. The van der Waals surface area contributed by atoms with Crippen LogP contribution in [0.1, 0.15) is 28.6 Å². The van der Waals surface area contributed by atoms with Crippen LogP contribution in [-0.4, -0.2) is 51.7 Å². The summed E-state index contributed by atoms with van der Waals surface area (Å²) in [7, 11) is 3.18. The highest BCUT2D eigenvalue weighted by Crippen LogP contribution is 2.40. The third kappa shape index (κ3) is 3.09. The quantitative estimate of drug-likeness (QED) is 0.483. The number of carbonyl (C=O) groups excluding carboxylic acids is 2. The van der Waals surface area contributed by atoms with E-state index in [2.05, 4.69) is 5.10 Å². The Bertz CT molecular complexity index is 980. The molecule has 3 rings (SSSR count). The van der Waals surface area contributed by atoms with Gasteiger partial charge in [0.25, 0.3) is 11.7 Å². The minimum atomic E-state index is -1.05. The molecule has 1 unspecified atom stereocenters. The molecule has 0 radical (unpaired) electrons. The lowest BCUT2D eigenvalue weighted by Gasteiger charge is -2.25. The Labute approximate surface area is 162 Å². The molecule has 0 saturated carbocycles. The summed E-state index contributed by atoms with van der Waals surface area (Å²) in [4.78, 5) is 26.7. The molecule has 1 N–H and O–H groups in total. The molecule has 148 valence electrons. The lowest BCUT2D eigenvalue weighted by atomic mass is 9.94. The summed E-state index contributed by atoms with van der Waals surface area (Å²) in [5.41, 5.74) is 1.50. The van der Waals surface area contributed by atoms with Gasteiger partial charge in [0.1, 0.15) is 11.6 Å². The Morgan fingerprint density at radius 2 is 1.96 bits per heavy atom. The molecule has 1 aromatic carbocycles. The molecule has 7 nitrogen and oxygen atoms in total. The zero-order valence-electron chi connectivity index (χ0n) is 16.2. The van der Waals surface area contributed by atoms with E-state index in [1.54, 1.807) is 31.6 Å². The molecule has 1 atom stereocenters. The van der Waals surface area contributed by atoms with E-state index in [1.165, 1.54) is 30.2 Å². The molecule has 1 amide bonds. The van der Waals surface area contributed by atoms with Gasteiger partial charge in [-0.1, -0.05) is 18.2 Å². The topological polar surface area (TPSA) is 84.7 Å². The number of halogens is 1. The van der Waals surface area contributed by atoms with Gasteiger partial charge in [-0.2, -0.15) is 5.10 Å². The fourth-order valence-electron chi connectivity index (χ4n) is 3.57. The van der Waals surface area contributed by atoms with Crippen molar-refractivity contribution in [3.05, 3.63) is 58.2 Å². The fraction of sp³-hybridized carbons (Fsp3) is 0.350. The van der Waals surface area contributed by atoms with Crippen molar-refractivity contribution in [1.82, 2.24) is 14.7 Å². The predicted octanol–water partition coefficient (Wildman–Crippen LogP) is 2.24. The number of hydrogen-bond donors (Lipinski definition) is 1. The molecule has 0 bridgehead atoms. The van der Waals surface area contributed by atoms with Crippen LogP contribution in [0, 0.1) is 19.7 Å². The Balaban J connectivity index is 2.26. The van der Waals surface area contributed by atoms with Gasteiger partial charge in [-0.3, -0.25) is 14.3 Å². The molecule has 1 aliphatic rings. The highest BCUT2D eigenvalue weighted by atomic mass is 19.1. The maximum atomic E-state index is 14.6. The van der Waals surface area contributed by atoms with Crippen LogP contribution in [0.15, 0.2) is 29.8 Å². The maximum Gasteiger partial charge on any atom is 0.295 e. The number of benzene rings is 1. The van der Waals surface area contributed by atoms with Gasteiger partial charge in [-0.25, -0.2) is 4.39 Å². The Kier molecular flexibility index (Phi) is 5.33. The summed E-state index contributed by atoms with van der Waals surface area (Å²) >= 11 is 0. The molecule has 0 spiro atoms. The second-order valence-electron chi connectivity index (χ2n) is 6.68. The number of carbonyl (C=O) groups is 2. The Morgan fingerprint density at radius 1 is 1.29 bits per heavy atom. The normalized spacial score (nSPS) is 18.9. The van der Waals surface area contributed by atoms with Crippen molar-refractivity contribution in [2.24, 2.45) is 7.05 Å². The second-order valence-corrected chi connectivity index (χ2v) is 6.68. The molecule has 2 aromatic rings. The molecule has 1 fully saturated rings. The minimum Gasteiger partial charge on any atom is -0.507 e. The van der Waals surface area contributed by atoms with E-state index < -0.39 is 23.5 Å². The average molecular weight is 387 g/mol. The lowest BCUT2D eigenvalue weighted by Crippen LogP contribution is -2.33. The van der Waals surface area contributed by atoms with Gasteiger partial charge >= 0.3 is 0 Å². The van der Waals surface area contributed by atoms with Crippen molar-refractivity contribution >= 4 is 17.4 Å². The van der Waals surface area contributed by atoms with Gasteiger partial charge in [-0.15, -0.1) is 0 Å². The summed E-state index contributed by atoms with van der Waals surface area (Å²) in [5, 5.41) is 15.3. The number of nitrogens with zero attached hydrogens (tertiary/aromatic N) is 3. The number of aliphatic hydroxyl groups excluding tert-OH is 1. The number of hydrogen-bond acceptors (Lipinski definition) is 5. The van der Waals surface area contributed by atoms with Crippen LogP contribution >= 0.6 is 0 Å². The van der Waals surface area contributed by atoms with Crippen molar-refractivity contribution < 1.29 is 23.8 Å². The van der Waals surface area contributed by atoms with E-state index in [4.69, 9.17) is 4.74 Å². The highest BCUT2D eigenvalue weighted by Gasteiger charge is 2.47. The van der Waals surface area contributed by atoms with E-state index in [0.717, 1.165) is 0 Å². The molecule has 1 aliphatic heterocycles. The van der Waals surface area contributed by atoms with Crippen LogP contribution in [0.3, 0.4) is 0 Å². The van der Waals surface area contributed by atoms with E-state index in [1.807, 2.05) is 0 Å². The summed E-state index contributed by atoms with van der Waals surface area (Å²) < 4.78 is 21.2. The van der Waals surface area contributed by atoms with Gasteiger partial charge in [0.2, 0.25) is 0 Å². The molecule has 28 heavy (non-hydrogen) atoms. The first-order valence-corrected chi connectivity index (χ1v) is 8.81. The van der Waals surface area contributed by atoms with E-state index in [9.17, 15) is 19.1 Å². The molecular weight excluding hydrogens is 365 g/mol. The van der Waals surface area contributed by atoms with Crippen molar-refractivity contribution in [3.8, 4) is 0 Å². The number of methoxy groups -OCH3 is 1. The number of Topliss-reactive ketones (excluding diaryl/α,β-unsaturated/α-hetero) is 1. The fourth-order valence-corrected chi connectivity index (χ4v) is 3.57. The number of amides is 1. The third-order valence-electron chi connectivity index (χ3n) is 5.02. The van der Waals surface area contributed by atoms with Gasteiger partial charge in [-0.05, 0) is 19.9 Å². The first-order chi connectivity index (χ1) is 13.3. The van der Waals surface area contributed by atoms with Gasteiger partial charge < -0.3 is 14.7 Å². The maximum absolute atomic E-state index is 14.6. The van der Waals surface area contributed by atoms with E-state index in [-0.39, 0.29) is 30.0 Å². The molecule has 1 saturated heterocycles. The van der Waals surface area contributed by atoms with Crippen molar-refractivity contribution in [2.45, 2.75) is 19.9 Å². The largest absolute Gasteiger partial charge is 0.507 e. The summed E-state index contributed by atoms with van der Waals surface area (Å²) in [6.07, 6.45) is 0. The number of aryl methyl sites for hydroxylation is 2. The minimum absolute atomic E-state index is 0.0852. The molecule has 1 aromatic heterocycles. The summed E-state index contributed by atoms with van der Waals surface area (Å²) in [5.74, 6) is -2.58. The van der Waals surface area contributed by atoms with Gasteiger partial charge in [0.05, 0.1) is 29.5 Å². The zero-order valence-corrected chi connectivity index (χ0v) is 16.2. The first kappa shape index (κ1) is 19.8. The van der Waals surface area contributed by atoms with Crippen LogP contribution in [0.2, 0.25) is 0 Å². The van der Waals surface area contributed by atoms with Crippen molar-refractivity contribution in [2.75, 3.05) is 20.3 Å². The zero-order chi connectivity index (χ0) is 20.6. The van der Waals surface area contributed by atoms with Crippen molar-refractivity contribution in [1.29, 1.82) is 0 Å². The number of likely N-dealkylation sites (tertiary alicyclic amines) is 1. The number of aliphatic hydroxyl groups is 1. The number of rotatable bonds is 5. The van der Waals surface area contributed by atoms with E-state index >= 15 is 0 Å². The smallest absolute Gasteiger partial charge is 0.295 e. The molecule has 0 aliphatic carbocycles. The van der Waals surface area contributed by atoms with Crippen LogP contribution in [0.25, 0.3) is 5.76 Å². The predicted molar refractivity (Wildman–Crippen MR) is 100.0 cm³/mol. The SMILES string of the molecule is COCCN1C(=O)C(=O)/C(=C(/O)c2c(C)nn(C)c2C)C1c1ccccc1F. The molecule has 2 heterocycles. The number of ketones is 1. The van der Waals surface area contributed by atoms with Gasteiger partial charge in [0, 0.05) is 32.0 Å². The lowest BCUT2D eigenvalue weighted by molar-refractivity contribution is -0.140. The van der Waals surface area contributed by atoms with Crippen molar-refractivity contribution in [3.63, 3.8) is 0 Å². The second kappa shape index (κ2) is 7.55. The monoisotopic (exact) mass is 387 g/mol. The summed E-state index contributed by atoms with van der Waals surface area (Å²) in [6, 6.07) is 4.86. The van der Waals surface area contributed by atoms with Crippen LogP contribution < -0.4 is 0 Å². The standard InChI is InChI=1S/C20H22FN3O4/c1-11-15(12(2)23(3)22-11)18(25)16-17(13-7-5-6-8-14(13)21)24(9-10-28-4)20(27)19(16)26/h5-8,17,25H,9-10H2,1-4H3/b18-16+. The van der Waals surface area contributed by atoms with E-state index in [0.29, 0.717) is 17.0 Å². The Morgan fingerprint density at radius 3 is 2.54 bits per heavy atom. The molecular formula is C20H22FN3O4. The van der Waals surface area contributed by atoms with Gasteiger partial charge in [0.15, 0.2) is 0 Å². The first-order valence-electron chi connectivity index (χ1n) is 8.81. The average Bonchev–Trinajstić information content (AvgIpc) is 3.06. The number of aromatic nitrogens is 2.